The second-order valence-corrected chi connectivity index (χ2v) is 10.4. The zero-order chi connectivity index (χ0) is 22.4. The van der Waals surface area contributed by atoms with Gasteiger partial charge in [0, 0.05) is 44.0 Å². The number of hydrogen-bond acceptors (Lipinski definition) is 4. The number of carbonyl (C=O) groups is 1. The highest BCUT2D eigenvalue weighted by Crippen LogP contribution is 2.55. The number of carbonyl (C=O) groups excluding carboxylic acids is 1. The number of benzene rings is 2. The molecule has 1 spiro atoms. The van der Waals surface area contributed by atoms with E-state index in [1.807, 2.05) is 12.1 Å². The van der Waals surface area contributed by atoms with E-state index in [-0.39, 0.29) is 11.4 Å². The molecule has 0 bridgehead atoms. The van der Waals surface area contributed by atoms with Crippen LogP contribution in [0.2, 0.25) is 0 Å². The molecule has 5 nitrogen and oxygen atoms in total. The normalized spacial score (nSPS) is 26.2. The Morgan fingerprint density at radius 3 is 2.73 bits per heavy atom. The fraction of sp³-hybridized carbons (Fsp3) is 0.536. The van der Waals surface area contributed by atoms with Crippen molar-refractivity contribution < 1.29 is 9.53 Å². The molecule has 0 aromatic heterocycles. The number of piperazine rings is 1. The topological polar surface area (TPSA) is 44.8 Å². The molecule has 6 rings (SSSR count). The SMILES string of the molecule is CC1CC12NC(=O)c1cc(OCCCN3CCN(c4cccc5c4CCCC5)CC3)ccc12. The third-order valence-corrected chi connectivity index (χ3v) is 8.33. The van der Waals surface area contributed by atoms with E-state index in [1.54, 1.807) is 11.1 Å². The van der Waals surface area contributed by atoms with E-state index in [0.717, 1.165) is 62.4 Å². The summed E-state index contributed by atoms with van der Waals surface area (Å²) in [7, 11) is 0. The molecule has 2 fully saturated rings. The van der Waals surface area contributed by atoms with E-state index in [1.165, 1.54) is 31.4 Å². The van der Waals surface area contributed by atoms with Crippen molar-refractivity contribution in [3.05, 3.63) is 58.7 Å². The lowest BCUT2D eigenvalue weighted by Crippen LogP contribution is -2.47. The van der Waals surface area contributed by atoms with Crippen molar-refractivity contribution in [1.29, 1.82) is 0 Å². The Bertz CT molecular complexity index is 1060. The van der Waals surface area contributed by atoms with Gasteiger partial charge < -0.3 is 15.0 Å². The molecule has 2 aromatic carbocycles. The molecule has 1 N–H and O–H groups in total. The van der Waals surface area contributed by atoms with Gasteiger partial charge >= 0.3 is 0 Å². The van der Waals surface area contributed by atoms with Gasteiger partial charge in [-0.15, -0.1) is 0 Å². The second-order valence-electron chi connectivity index (χ2n) is 10.4. The van der Waals surface area contributed by atoms with Gasteiger partial charge in [-0.05, 0) is 79.3 Å². The van der Waals surface area contributed by atoms with E-state index in [2.05, 4.69) is 46.3 Å². The summed E-state index contributed by atoms with van der Waals surface area (Å²) in [6.45, 7) is 8.40. The van der Waals surface area contributed by atoms with Gasteiger partial charge in [-0.25, -0.2) is 0 Å². The molecule has 4 aliphatic rings. The van der Waals surface area contributed by atoms with Crippen LogP contribution in [0.15, 0.2) is 36.4 Å². The predicted octanol–water partition coefficient (Wildman–Crippen LogP) is 4.14. The average molecular weight is 446 g/mol. The monoisotopic (exact) mass is 445 g/mol. The standard InChI is InChI=1S/C28H35N3O2/c1-20-19-28(20)25-11-10-22(18-24(25)27(32)29-28)33-17-5-12-30-13-15-31(16-14-30)26-9-4-7-21-6-2-3-8-23(21)26/h4,7,9-11,18,20H,2-3,5-6,8,12-17,19H2,1H3,(H,29,32). The van der Waals surface area contributed by atoms with Crippen molar-refractivity contribution >= 4 is 11.6 Å². The summed E-state index contributed by atoms with van der Waals surface area (Å²) >= 11 is 0. The molecule has 2 aliphatic carbocycles. The minimum Gasteiger partial charge on any atom is -0.494 e. The fourth-order valence-electron chi connectivity index (χ4n) is 6.25. The van der Waals surface area contributed by atoms with E-state index in [9.17, 15) is 4.79 Å². The zero-order valence-corrected chi connectivity index (χ0v) is 19.7. The number of ether oxygens (including phenoxy) is 1. The molecule has 2 heterocycles. The highest BCUT2D eigenvalue weighted by atomic mass is 16.5. The predicted molar refractivity (Wildman–Crippen MR) is 131 cm³/mol. The summed E-state index contributed by atoms with van der Waals surface area (Å²) in [5, 5.41) is 3.18. The maximum absolute atomic E-state index is 12.4. The fourth-order valence-corrected chi connectivity index (χ4v) is 6.25. The molecule has 174 valence electrons. The molecule has 1 saturated carbocycles. The molecule has 2 aliphatic heterocycles. The quantitative estimate of drug-likeness (QED) is 0.679. The molecule has 5 heteroatoms. The first-order chi connectivity index (χ1) is 16.1. The number of nitrogens with one attached hydrogen (secondary N) is 1. The Hall–Kier alpha value is -2.53. The minimum absolute atomic E-state index is 0.0531. The summed E-state index contributed by atoms with van der Waals surface area (Å²) in [6, 6.07) is 13.0. The average Bonchev–Trinajstić information content (AvgIpc) is 3.41. The number of anilines is 1. The van der Waals surface area contributed by atoms with Crippen LogP contribution >= 0.6 is 0 Å². The Morgan fingerprint density at radius 2 is 1.91 bits per heavy atom. The van der Waals surface area contributed by atoms with Gasteiger partial charge in [0.25, 0.3) is 5.91 Å². The van der Waals surface area contributed by atoms with Crippen molar-refractivity contribution in [2.75, 3.05) is 44.2 Å². The number of nitrogens with zero attached hydrogens (tertiary/aromatic N) is 2. The molecule has 1 amide bonds. The highest BCUT2D eigenvalue weighted by molar-refractivity contribution is 6.01. The van der Waals surface area contributed by atoms with Crippen molar-refractivity contribution in [2.24, 2.45) is 5.92 Å². The Balaban J connectivity index is 0.977. The first kappa shape index (κ1) is 21.0. The van der Waals surface area contributed by atoms with E-state index < -0.39 is 0 Å². The third kappa shape index (κ3) is 3.80. The Labute approximate surface area is 197 Å². The molecule has 33 heavy (non-hydrogen) atoms. The number of fused-ring (bicyclic) bond motifs is 3. The van der Waals surface area contributed by atoms with Crippen LogP contribution in [0.4, 0.5) is 5.69 Å². The number of hydrogen-bond donors (Lipinski definition) is 1. The van der Waals surface area contributed by atoms with E-state index in [4.69, 9.17) is 4.74 Å². The molecule has 1 saturated heterocycles. The van der Waals surface area contributed by atoms with Crippen LogP contribution in [0.25, 0.3) is 0 Å². The van der Waals surface area contributed by atoms with E-state index in [0.29, 0.717) is 12.5 Å². The molecule has 2 unspecified atom stereocenters. The largest absolute Gasteiger partial charge is 0.494 e. The van der Waals surface area contributed by atoms with Gasteiger partial charge in [0.05, 0.1) is 12.1 Å². The second kappa shape index (κ2) is 8.35. The summed E-state index contributed by atoms with van der Waals surface area (Å²) in [5.41, 5.74) is 6.53. The smallest absolute Gasteiger partial charge is 0.252 e. The van der Waals surface area contributed by atoms with Crippen molar-refractivity contribution in [3.63, 3.8) is 0 Å². The lowest BCUT2D eigenvalue weighted by molar-refractivity contribution is 0.0949. The zero-order valence-electron chi connectivity index (χ0n) is 19.7. The van der Waals surface area contributed by atoms with Crippen molar-refractivity contribution in [3.8, 4) is 5.75 Å². The summed E-state index contributed by atoms with van der Waals surface area (Å²) < 4.78 is 6.02. The van der Waals surface area contributed by atoms with Gasteiger partial charge in [-0.2, -0.15) is 0 Å². The van der Waals surface area contributed by atoms with Gasteiger partial charge in [0.2, 0.25) is 0 Å². The number of amides is 1. The molecular weight excluding hydrogens is 410 g/mol. The number of aryl methyl sites for hydroxylation is 1. The van der Waals surface area contributed by atoms with Crippen LogP contribution in [-0.2, 0) is 18.4 Å². The summed E-state index contributed by atoms with van der Waals surface area (Å²) in [6.07, 6.45) is 7.21. The van der Waals surface area contributed by atoms with Crippen LogP contribution in [0.3, 0.4) is 0 Å². The first-order valence-corrected chi connectivity index (χ1v) is 12.8. The van der Waals surface area contributed by atoms with Crippen LogP contribution in [0.5, 0.6) is 5.75 Å². The van der Waals surface area contributed by atoms with Crippen molar-refractivity contribution in [1.82, 2.24) is 10.2 Å². The van der Waals surface area contributed by atoms with Crippen LogP contribution in [-0.4, -0.2) is 50.1 Å². The maximum atomic E-state index is 12.4. The lowest BCUT2D eigenvalue weighted by Gasteiger charge is -2.38. The molecule has 2 atom stereocenters. The summed E-state index contributed by atoms with van der Waals surface area (Å²) in [4.78, 5) is 17.5. The van der Waals surface area contributed by atoms with Gasteiger partial charge in [0.15, 0.2) is 0 Å². The van der Waals surface area contributed by atoms with Crippen molar-refractivity contribution in [2.45, 2.75) is 51.0 Å². The van der Waals surface area contributed by atoms with Crippen LogP contribution < -0.4 is 15.0 Å². The lowest BCUT2D eigenvalue weighted by atomic mass is 9.90. The molecule has 0 radical (unpaired) electrons. The number of rotatable bonds is 6. The van der Waals surface area contributed by atoms with Crippen LogP contribution in [0, 0.1) is 5.92 Å². The summed E-state index contributed by atoms with van der Waals surface area (Å²) in [5.74, 6) is 1.40. The highest BCUT2D eigenvalue weighted by Gasteiger charge is 2.58. The Kier molecular flexibility index (Phi) is 5.33. The first-order valence-electron chi connectivity index (χ1n) is 12.8. The molecular formula is C28H35N3O2. The molecule has 2 aromatic rings. The minimum atomic E-state index is -0.0911. The van der Waals surface area contributed by atoms with Gasteiger partial charge in [-0.1, -0.05) is 25.1 Å². The third-order valence-electron chi connectivity index (χ3n) is 8.33. The van der Waals surface area contributed by atoms with Gasteiger partial charge in [0.1, 0.15) is 5.75 Å². The van der Waals surface area contributed by atoms with Gasteiger partial charge in [-0.3, -0.25) is 9.69 Å². The van der Waals surface area contributed by atoms with E-state index >= 15 is 0 Å². The Morgan fingerprint density at radius 1 is 1.09 bits per heavy atom. The van der Waals surface area contributed by atoms with Crippen LogP contribution in [0.1, 0.15) is 59.7 Å². The maximum Gasteiger partial charge on any atom is 0.252 e.